The topological polar surface area (TPSA) is 131 Å². The minimum atomic E-state index is -0.443. The van der Waals surface area contributed by atoms with E-state index in [0.717, 1.165) is 64.8 Å². The monoisotopic (exact) mass is 615 g/mol. The lowest BCUT2D eigenvalue weighted by atomic mass is 9.95. The van der Waals surface area contributed by atoms with Crippen molar-refractivity contribution < 1.29 is 24.2 Å². The van der Waals surface area contributed by atoms with E-state index in [4.69, 9.17) is 31.6 Å². The molecule has 12 heteroatoms. The van der Waals surface area contributed by atoms with E-state index in [2.05, 4.69) is 10.00 Å². The van der Waals surface area contributed by atoms with Gasteiger partial charge in [-0.2, -0.15) is 5.10 Å². The van der Waals surface area contributed by atoms with Crippen LogP contribution in [0.15, 0.2) is 23.9 Å². The third-order valence-corrected chi connectivity index (χ3v) is 8.72. The van der Waals surface area contributed by atoms with E-state index >= 15 is 0 Å². The van der Waals surface area contributed by atoms with Crippen molar-refractivity contribution in [3.05, 3.63) is 51.6 Å². The van der Waals surface area contributed by atoms with Gasteiger partial charge < -0.3 is 29.9 Å². The number of allylic oxidation sites excluding steroid dienone is 1. The van der Waals surface area contributed by atoms with Gasteiger partial charge in [0.25, 0.3) is 0 Å². The highest BCUT2D eigenvalue weighted by Crippen LogP contribution is 2.43. The average molecular weight is 616 g/mol. The number of carbonyl (C=O) groups excluding carboxylic acids is 2. The van der Waals surface area contributed by atoms with Gasteiger partial charge in [-0.05, 0) is 49.8 Å². The van der Waals surface area contributed by atoms with Crippen LogP contribution in [0.25, 0.3) is 22.0 Å². The highest BCUT2D eigenvalue weighted by Gasteiger charge is 2.29. The fourth-order valence-corrected chi connectivity index (χ4v) is 6.60. The number of esters is 2. The second-order valence-corrected chi connectivity index (χ2v) is 11.6. The number of ether oxygens (including phenoxy) is 2. The Hall–Kier alpha value is -3.28. The van der Waals surface area contributed by atoms with E-state index in [-0.39, 0.29) is 19.2 Å². The maximum Gasteiger partial charge on any atom is 0.354 e. The van der Waals surface area contributed by atoms with Gasteiger partial charge in [-0.15, -0.1) is 11.8 Å². The SMILES string of the molecule is CN/C(=C\C(=N)CSCc1nn2c(c1-c1c(Cl)ccc3c(CCCOC(C)=O)c(C(=O)OC)n(C)c13)CCCC2)CO. The highest BCUT2D eigenvalue weighted by atomic mass is 35.5. The number of nitrogens with zero attached hydrogens (tertiary/aromatic N) is 3. The molecule has 0 saturated heterocycles. The minimum absolute atomic E-state index is 0.153. The summed E-state index contributed by atoms with van der Waals surface area (Å²) in [5.41, 5.74) is 6.90. The zero-order valence-electron chi connectivity index (χ0n) is 24.5. The fraction of sp³-hybridized carbons (Fsp3) is 0.467. The summed E-state index contributed by atoms with van der Waals surface area (Å²) in [5, 5.41) is 27.1. The number of carbonyl (C=O) groups is 2. The molecule has 10 nitrogen and oxygen atoms in total. The van der Waals surface area contributed by atoms with Gasteiger partial charge in [-0.1, -0.05) is 17.7 Å². The van der Waals surface area contributed by atoms with Gasteiger partial charge in [0.15, 0.2) is 0 Å². The summed E-state index contributed by atoms with van der Waals surface area (Å²) >= 11 is 8.57. The molecule has 42 heavy (non-hydrogen) atoms. The van der Waals surface area contributed by atoms with E-state index in [0.29, 0.717) is 46.5 Å². The number of aliphatic hydroxyl groups is 1. The summed E-state index contributed by atoms with van der Waals surface area (Å²) in [7, 11) is 4.94. The third kappa shape index (κ3) is 6.68. The number of nitrogens with one attached hydrogen (secondary N) is 2. The largest absolute Gasteiger partial charge is 0.466 e. The molecule has 0 atom stereocenters. The lowest BCUT2D eigenvalue weighted by Gasteiger charge is -2.16. The lowest BCUT2D eigenvalue weighted by Crippen LogP contribution is -2.12. The standard InChI is InChI=1S/C30H38ClN5O5S/c1-18(38)41-13-7-8-21-22-10-11-23(31)26(28(22)35(3)29(21)30(39)40-4)27-24(34-36-12-6-5-9-25(27)36)17-42-16-19(32)14-20(15-37)33-2/h10-11,14,32-33,37H,5-9,12-13,15-17H2,1-4H3/b20-14-,32-19?. The normalized spacial score (nSPS) is 13.2. The highest BCUT2D eigenvalue weighted by molar-refractivity contribution is 7.99. The van der Waals surface area contributed by atoms with E-state index < -0.39 is 5.97 Å². The lowest BCUT2D eigenvalue weighted by molar-refractivity contribution is -0.141. The molecule has 3 aromatic rings. The quantitative estimate of drug-likeness (QED) is 0.144. The predicted molar refractivity (Wildman–Crippen MR) is 166 cm³/mol. The molecular formula is C30H38ClN5O5S. The second-order valence-electron chi connectivity index (χ2n) is 10.2. The average Bonchev–Trinajstić information content (AvgIpc) is 3.48. The number of halogens is 1. The molecular weight excluding hydrogens is 578 g/mol. The molecule has 0 saturated carbocycles. The summed E-state index contributed by atoms with van der Waals surface area (Å²) in [6.45, 7) is 2.30. The number of thioether (sulfide) groups is 1. The molecule has 226 valence electrons. The Morgan fingerprint density at radius 3 is 2.76 bits per heavy atom. The predicted octanol–water partition coefficient (Wildman–Crippen LogP) is 4.66. The first-order valence-electron chi connectivity index (χ1n) is 14.0. The number of rotatable bonds is 13. The molecule has 0 bridgehead atoms. The first kappa shape index (κ1) is 31.7. The summed E-state index contributed by atoms with van der Waals surface area (Å²) < 4.78 is 14.3. The molecule has 0 amide bonds. The van der Waals surface area contributed by atoms with Crippen LogP contribution in [0.1, 0.15) is 53.6 Å². The van der Waals surface area contributed by atoms with Crippen molar-refractivity contribution in [2.24, 2.45) is 7.05 Å². The number of likely N-dealkylation sites (N-methyl/N-ethyl adjacent to an activating group) is 1. The van der Waals surface area contributed by atoms with E-state index in [1.807, 2.05) is 23.7 Å². The molecule has 0 spiro atoms. The summed E-state index contributed by atoms with van der Waals surface area (Å²) in [6, 6.07) is 3.81. The van der Waals surface area contributed by atoms with Crippen LogP contribution in [0.2, 0.25) is 5.02 Å². The van der Waals surface area contributed by atoms with Crippen molar-refractivity contribution in [2.75, 3.05) is 33.1 Å². The smallest absolute Gasteiger partial charge is 0.354 e. The number of hydrogen-bond acceptors (Lipinski definition) is 9. The number of aliphatic hydroxyl groups excluding tert-OH is 1. The van der Waals surface area contributed by atoms with Crippen LogP contribution < -0.4 is 5.32 Å². The molecule has 2 aromatic heterocycles. The number of fused-ring (bicyclic) bond motifs is 2. The van der Waals surface area contributed by atoms with E-state index in [9.17, 15) is 14.7 Å². The number of hydrogen-bond donors (Lipinski definition) is 3. The first-order valence-corrected chi connectivity index (χ1v) is 15.5. The molecule has 0 unspecified atom stereocenters. The van der Waals surface area contributed by atoms with Gasteiger partial charge in [-0.3, -0.25) is 9.48 Å². The van der Waals surface area contributed by atoms with Crippen molar-refractivity contribution >= 4 is 51.9 Å². The van der Waals surface area contributed by atoms with Crippen LogP contribution in [-0.2, 0) is 46.5 Å². The van der Waals surface area contributed by atoms with Gasteiger partial charge in [0.1, 0.15) is 5.69 Å². The maximum atomic E-state index is 13.0. The van der Waals surface area contributed by atoms with Gasteiger partial charge in [-0.25, -0.2) is 4.79 Å². The first-order chi connectivity index (χ1) is 20.2. The molecule has 3 N–H and O–H groups in total. The summed E-state index contributed by atoms with van der Waals surface area (Å²) in [4.78, 5) is 24.3. The summed E-state index contributed by atoms with van der Waals surface area (Å²) in [5.74, 6) is 0.235. The van der Waals surface area contributed by atoms with Crippen molar-refractivity contribution in [3.8, 4) is 11.1 Å². The van der Waals surface area contributed by atoms with E-state index in [1.165, 1.54) is 14.0 Å². The number of benzene rings is 1. The van der Waals surface area contributed by atoms with Crippen molar-refractivity contribution in [3.63, 3.8) is 0 Å². The van der Waals surface area contributed by atoms with Crippen LogP contribution in [-0.4, -0.2) is 70.2 Å². The van der Waals surface area contributed by atoms with Gasteiger partial charge in [0, 0.05) is 72.7 Å². The van der Waals surface area contributed by atoms with Crippen LogP contribution in [0.3, 0.4) is 0 Å². The van der Waals surface area contributed by atoms with Crippen molar-refractivity contribution in [1.29, 1.82) is 5.41 Å². The van der Waals surface area contributed by atoms with Crippen LogP contribution in [0, 0.1) is 5.41 Å². The molecule has 1 aliphatic heterocycles. The Morgan fingerprint density at radius 1 is 1.29 bits per heavy atom. The van der Waals surface area contributed by atoms with Crippen LogP contribution in [0.4, 0.5) is 0 Å². The molecule has 4 rings (SSSR count). The zero-order valence-corrected chi connectivity index (χ0v) is 26.1. The maximum absolute atomic E-state index is 13.0. The van der Waals surface area contributed by atoms with E-state index in [1.54, 1.807) is 24.9 Å². The Morgan fingerprint density at radius 2 is 2.07 bits per heavy atom. The molecule has 3 heterocycles. The Kier molecular flexibility index (Phi) is 10.7. The van der Waals surface area contributed by atoms with Gasteiger partial charge >= 0.3 is 11.9 Å². The second kappa shape index (κ2) is 14.3. The third-order valence-electron chi connectivity index (χ3n) is 7.41. The number of methoxy groups -OCH3 is 1. The fourth-order valence-electron chi connectivity index (χ4n) is 5.55. The molecule has 1 aromatic carbocycles. The molecule has 0 fully saturated rings. The molecule has 0 aliphatic carbocycles. The Balaban J connectivity index is 1.80. The number of aryl methyl sites for hydroxylation is 3. The van der Waals surface area contributed by atoms with Gasteiger partial charge in [0.2, 0.25) is 0 Å². The zero-order chi connectivity index (χ0) is 30.4. The molecule has 0 radical (unpaired) electrons. The Labute approximate surface area is 254 Å². The van der Waals surface area contributed by atoms with Crippen LogP contribution >= 0.6 is 23.4 Å². The Bertz CT molecular complexity index is 1520. The van der Waals surface area contributed by atoms with Gasteiger partial charge in [0.05, 0.1) is 36.6 Å². The van der Waals surface area contributed by atoms with Crippen molar-refractivity contribution in [1.82, 2.24) is 19.7 Å². The minimum Gasteiger partial charge on any atom is -0.466 e. The van der Waals surface area contributed by atoms with Crippen molar-refractivity contribution in [2.45, 2.75) is 51.3 Å². The van der Waals surface area contributed by atoms with Crippen LogP contribution in [0.5, 0.6) is 0 Å². The summed E-state index contributed by atoms with van der Waals surface area (Å²) in [6.07, 6.45) is 5.67. The number of aromatic nitrogens is 3. The molecule has 1 aliphatic rings.